The molecule has 2 aromatic carbocycles. The molecular formula is C28H33NO. The summed E-state index contributed by atoms with van der Waals surface area (Å²) in [4.78, 5) is 13.4. The molecule has 30 heavy (non-hydrogen) atoms. The Kier molecular flexibility index (Phi) is 4.34. The van der Waals surface area contributed by atoms with Gasteiger partial charge in [0, 0.05) is 23.8 Å². The van der Waals surface area contributed by atoms with Gasteiger partial charge in [0.25, 0.3) is 0 Å². The molecule has 1 amide bonds. The Labute approximate surface area is 180 Å². The van der Waals surface area contributed by atoms with Gasteiger partial charge in [-0.15, -0.1) is 0 Å². The Morgan fingerprint density at radius 3 is 2.03 bits per heavy atom. The van der Waals surface area contributed by atoms with Crippen molar-refractivity contribution in [3.63, 3.8) is 0 Å². The van der Waals surface area contributed by atoms with Crippen LogP contribution in [-0.2, 0) is 10.2 Å². The lowest BCUT2D eigenvalue weighted by atomic mass is 9.41. The third kappa shape index (κ3) is 2.87. The van der Waals surface area contributed by atoms with Crippen LogP contribution in [0.5, 0.6) is 0 Å². The van der Waals surface area contributed by atoms with Gasteiger partial charge in [-0.05, 0) is 72.8 Å². The van der Waals surface area contributed by atoms with Crippen molar-refractivity contribution in [3.8, 4) is 0 Å². The molecule has 5 fully saturated rings. The van der Waals surface area contributed by atoms with Crippen molar-refractivity contribution in [1.82, 2.24) is 5.32 Å². The van der Waals surface area contributed by atoms with Crippen molar-refractivity contribution in [2.24, 2.45) is 29.6 Å². The van der Waals surface area contributed by atoms with Crippen LogP contribution in [0.2, 0.25) is 0 Å². The maximum Gasteiger partial charge on any atom is 0.221 e. The number of hydrogen-bond donors (Lipinski definition) is 1. The first-order valence-corrected chi connectivity index (χ1v) is 12.0. The summed E-state index contributed by atoms with van der Waals surface area (Å²) in [7, 11) is 0. The van der Waals surface area contributed by atoms with E-state index in [2.05, 4.69) is 72.9 Å². The van der Waals surface area contributed by atoms with Crippen LogP contribution >= 0.6 is 0 Å². The van der Waals surface area contributed by atoms with Crippen LogP contribution in [0, 0.1) is 29.6 Å². The molecule has 2 heteroatoms. The zero-order chi connectivity index (χ0) is 20.3. The Morgan fingerprint density at radius 2 is 1.43 bits per heavy atom. The fraction of sp³-hybridized carbons (Fsp3) is 0.536. The molecule has 156 valence electrons. The number of hydrogen-bond acceptors (Lipinski definition) is 1. The van der Waals surface area contributed by atoms with Gasteiger partial charge >= 0.3 is 0 Å². The van der Waals surface area contributed by atoms with E-state index < -0.39 is 0 Å². The first-order valence-electron chi connectivity index (χ1n) is 12.0. The molecular weight excluding hydrogens is 366 g/mol. The molecule has 5 aliphatic carbocycles. The molecule has 2 nitrogen and oxygen atoms in total. The molecule has 4 bridgehead atoms. The van der Waals surface area contributed by atoms with Gasteiger partial charge in [0.15, 0.2) is 0 Å². The van der Waals surface area contributed by atoms with Gasteiger partial charge in [0.2, 0.25) is 5.91 Å². The Hall–Kier alpha value is -2.09. The molecule has 0 heterocycles. The lowest BCUT2D eigenvalue weighted by Crippen LogP contribution is -2.59. The minimum atomic E-state index is 0.0512. The van der Waals surface area contributed by atoms with Crippen LogP contribution in [-0.4, -0.2) is 11.9 Å². The van der Waals surface area contributed by atoms with E-state index in [1.54, 1.807) is 0 Å². The second kappa shape index (κ2) is 6.97. The van der Waals surface area contributed by atoms with Crippen LogP contribution in [0.1, 0.15) is 62.5 Å². The van der Waals surface area contributed by atoms with Gasteiger partial charge in [-0.2, -0.15) is 0 Å². The smallest absolute Gasteiger partial charge is 0.221 e. The van der Waals surface area contributed by atoms with Crippen molar-refractivity contribution in [2.45, 2.75) is 62.8 Å². The molecule has 0 aliphatic heterocycles. The molecule has 1 N–H and O–H groups in total. The largest absolute Gasteiger partial charge is 0.353 e. The fourth-order valence-corrected chi connectivity index (χ4v) is 7.82. The second-order valence-corrected chi connectivity index (χ2v) is 10.7. The molecule has 5 aliphatic rings. The molecule has 0 saturated heterocycles. The average molecular weight is 400 g/mol. The molecule has 0 spiro atoms. The third-order valence-electron chi connectivity index (χ3n) is 9.42. The zero-order valence-corrected chi connectivity index (χ0v) is 18.0. The molecule has 2 atom stereocenters. The highest BCUT2D eigenvalue weighted by molar-refractivity contribution is 5.79. The van der Waals surface area contributed by atoms with Crippen LogP contribution in [0.3, 0.4) is 0 Å². The van der Waals surface area contributed by atoms with Gasteiger partial charge in [-0.3, -0.25) is 4.79 Å². The SMILES string of the molecule is CC1C2CC3CC1CC(C2)C3(CC(=O)N[C@H]1C[C@@H]1c1ccccc1)c1ccccc1. The summed E-state index contributed by atoms with van der Waals surface area (Å²) >= 11 is 0. The quantitative estimate of drug-likeness (QED) is 0.688. The highest BCUT2D eigenvalue weighted by Gasteiger charge is 2.60. The number of carbonyl (C=O) groups excluding carboxylic acids is 1. The number of nitrogens with one attached hydrogen (secondary N) is 1. The highest BCUT2D eigenvalue weighted by atomic mass is 16.1. The van der Waals surface area contributed by atoms with E-state index in [1.807, 2.05) is 0 Å². The first kappa shape index (κ1) is 18.7. The summed E-state index contributed by atoms with van der Waals surface area (Å²) in [6.45, 7) is 2.49. The fourth-order valence-electron chi connectivity index (χ4n) is 7.82. The van der Waals surface area contributed by atoms with Gasteiger partial charge in [0.05, 0.1) is 0 Å². The predicted octanol–water partition coefficient (Wildman–Crippen LogP) is 5.69. The maximum atomic E-state index is 13.4. The molecule has 0 unspecified atom stereocenters. The van der Waals surface area contributed by atoms with Crippen molar-refractivity contribution in [1.29, 1.82) is 0 Å². The van der Waals surface area contributed by atoms with Crippen molar-refractivity contribution in [2.75, 3.05) is 0 Å². The normalized spacial score (nSPS) is 40.9. The zero-order valence-electron chi connectivity index (χ0n) is 18.0. The average Bonchev–Trinajstić information content (AvgIpc) is 3.52. The summed E-state index contributed by atoms with van der Waals surface area (Å²) in [5, 5.41) is 3.43. The Balaban J connectivity index is 1.24. The van der Waals surface area contributed by atoms with Crippen molar-refractivity contribution >= 4 is 5.91 Å². The summed E-state index contributed by atoms with van der Waals surface area (Å²) < 4.78 is 0. The van der Waals surface area contributed by atoms with Gasteiger partial charge in [-0.1, -0.05) is 67.6 Å². The van der Waals surface area contributed by atoms with E-state index in [0.717, 1.165) is 24.2 Å². The number of rotatable bonds is 5. The van der Waals surface area contributed by atoms with E-state index in [9.17, 15) is 4.79 Å². The summed E-state index contributed by atoms with van der Waals surface area (Å²) in [5.74, 6) is 4.79. The number of amides is 1. The molecule has 0 radical (unpaired) electrons. The molecule has 2 aromatic rings. The van der Waals surface area contributed by atoms with Crippen LogP contribution in [0.4, 0.5) is 0 Å². The van der Waals surface area contributed by atoms with E-state index in [4.69, 9.17) is 0 Å². The van der Waals surface area contributed by atoms with Crippen LogP contribution < -0.4 is 5.32 Å². The van der Waals surface area contributed by atoms with E-state index in [0.29, 0.717) is 30.2 Å². The topological polar surface area (TPSA) is 29.1 Å². The summed E-state index contributed by atoms with van der Waals surface area (Å²) in [6.07, 6.45) is 7.07. The Morgan fingerprint density at radius 1 is 0.867 bits per heavy atom. The monoisotopic (exact) mass is 399 g/mol. The van der Waals surface area contributed by atoms with Gasteiger partial charge in [0.1, 0.15) is 0 Å². The van der Waals surface area contributed by atoms with Crippen LogP contribution in [0.15, 0.2) is 60.7 Å². The first-order chi connectivity index (χ1) is 14.6. The Bertz CT molecular complexity index is 890. The maximum absolute atomic E-state index is 13.4. The molecule has 7 rings (SSSR count). The number of carbonyl (C=O) groups is 1. The summed E-state index contributed by atoms with van der Waals surface area (Å²) in [5.41, 5.74) is 2.84. The minimum absolute atomic E-state index is 0.0512. The second-order valence-electron chi connectivity index (χ2n) is 10.7. The van der Waals surface area contributed by atoms with E-state index in [-0.39, 0.29) is 11.3 Å². The van der Waals surface area contributed by atoms with E-state index >= 15 is 0 Å². The number of benzene rings is 2. The van der Waals surface area contributed by atoms with Crippen LogP contribution in [0.25, 0.3) is 0 Å². The highest BCUT2D eigenvalue weighted by Crippen LogP contribution is 2.65. The van der Waals surface area contributed by atoms with Gasteiger partial charge < -0.3 is 5.32 Å². The minimum Gasteiger partial charge on any atom is -0.353 e. The lowest BCUT2D eigenvalue weighted by Gasteiger charge is -2.63. The standard InChI is InChI=1S/C28H33NO/c1-18-20-12-23-14-21(18)15-24(13-20)28(23,22-10-6-3-7-11-22)17-27(30)29-26-16-25(26)19-8-4-2-5-9-19/h2-11,18,20-21,23-26H,12-17H2,1H3,(H,29,30)/t18?,20?,21?,23?,24?,25-,26+,28?/m1/s1. The van der Waals surface area contributed by atoms with Gasteiger partial charge in [-0.25, -0.2) is 0 Å². The summed E-state index contributed by atoms with van der Waals surface area (Å²) in [6, 6.07) is 22.1. The molecule has 5 saturated carbocycles. The predicted molar refractivity (Wildman–Crippen MR) is 120 cm³/mol. The molecule has 0 aromatic heterocycles. The third-order valence-corrected chi connectivity index (χ3v) is 9.42. The van der Waals surface area contributed by atoms with Crippen molar-refractivity contribution < 1.29 is 4.79 Å². The lowest BCUT2D eigenvalue weighted by molar-refractivity contribution is -0.133. The van der Waals surface area contributed by atoms with Crippen molar-refractivity contribution in [3.05, 3.63) is 71.8 Å². The van der Waals surface area contributed by atoms with E-state index in [1.165, 1.54) is 36.8 Å².